The van der Waals surface area contributed by atoms with Crippen molar-refractivity contribution in [3.63, 3.8) is 0 Å². The van der Waals surface area contributed by atoms with Crippen LogP contribution < -0.4 is 0 Å². The third kappa shape index (κ3) is 3.97. The molecule has 0 radical (unpaired) electrons. The van der Waals surface area contributed by atoms with E-state index in [9.17, 15) is 4.79 Å². The highest BCUT2D eigenvalue weighted by atomic mass is 35.5. The van der Waals surface area contributed by atoms with Gasteiger partial charge in [-0.05, 0) is 61.1 Å². The van der Waals surface area contributed by atoms with Crippen molar-refractivity contribution < 1.29 is 13.9 Å². The summed E-state index contributed by atoms with van der Waals surface area (Å²) in [6.45, 7) is 4.40. The number of fused-ring (bicyclic) bond motifs is 1. The molecule has 1 aliphatic rings. The minimum absolute atomic E-state index is 0.0258. The van der Waals surface area contributed by atoms with E-state index in [4.69, 9.17) is 32.4 Å². The van der Waals surface area contributed by atoms with Crippen LogP contribution >= 0.6 is 23.2 Å². The zero-order valence-electron chi connectivity index (χ0n) is 15.1. The minimum atomic E-state index is -0.330. The normalized spacial score (nSPS) is 18.7. The number of benzene rings is 2. The minimum Gasteiger partial charge on any atom is -0.459 e. The van der Waals surface area contributed by atoms with Crippen molar-refractivity contribution in [2.75, 3.05) is 0 Å². The number of carbonyl (C=O) groups excluding carboxylic acids is 1. The predicted octanol–water partition coefficient (Wildman–Crippen LogP) is 6.54. The fourth-order valence-corrected chi connectivity index (χ4v) is 4.07. The van der Waals surface area contributed by atoms with Crippen LogP contribution in [-0.2, 0) is 4.74 Å². The Morgan fingerprint density at radius 3 is 2.59 bits per heavy atom. The number of hydrogen-bond donors (Lipinski definition) is 0. The van der Waals surface area contributed by atoms with Crippen molar-refractivity contribution in [2.45, 2.75) is 39.2 Å². The van der Waals surface area contributed by atoms with Gasteiger partial charge in [0.2, 0.25) is 5.89 Å². The van der Waals surface area contributed by atoms with Gasteiger partial charge in [-0.15, -0.1) is 0 Å². The van der Waals surface area contributed by atoms with Crippen molar-refractivity contribution in [3.05, 3.63) is 52.0 Å². The van der Waals surface area contributed by atoms with E-state index in [1.807, 2.05) is 0 Å². The highest BCUT2D eigenvalue weighted by Crippen LogP contribution is 2.38. The molecule has 1 unspecified atom stereocenters. The number of rotatable bonds is 3. The molecule has 1 atom stereocenters. The average Bonchev–Trinajstić information content (AvgIpc) is 3.16. The lowest BCUT2D eigenvalue weighted by atomic mass is 9.92. The van der Waals surface area contributed by atoms with Crippen molar-refractivity contribution in [1.29, 1.82) is 0 Å². The van der Waals surface area contributed by atoms with E-state index in [1.165, 1.54) is 0 Å². The zero-order chi connectivity index (χ0) is 19.2. The predicted molar refractivity (Wildman–Crippen MR) is 106 cm³/mol. The van der Waals surface area contributed by atoms with Crippen molar-refractivity contribution >= 4 is 40.3 Å². The Hall–Kier alpha value is -2.04. The van der Waals surface area contributed by atoms with Crippen LogP contribution in [0, 0.1) is 5.41 Å². The van der Waals surface area contributed by atoms with E-state index >= 15 is 0 Å². The summed E-state index contributed by atoms with van der Waals surface area (Å²) in [6.07, 6.45) is 2.84. The van der Waals surface area contributed by atoms with Crippen molar-refractivity contribution in [2.24, 2.45) is 5.41 Å². The molecule has 0 amide bonds. The molecule has 0 aliphatic heterocycles. The van der Waals surface area contributed by atoms with Gasteiger partial charge in [0.05, 0.1) is 5.56 Å². The Morgan fingerprint density at radius 1 is 1.19 bits per heavy atom. The van der Waals surface area contributed by atoms with E-state index < -0.39 is 0 Å². The summed E-state index contributed by atoms with van der Waals surface area (Å²) >= 11 is 12.1. The van der Waals surface area contributed by atoms with E-state index in [-0.39, 0.29) is 17.5 Å². The molecule has 4 rings (SSSR count). The lowest BCUT2D eigenvalue weighted by Gasteiger charge is -2.17. The monoisotopic (exact) mass is 403 g/mol. The maximum Gasteiger partial charge on any atom is 0.338 e. The van der Waals surface area contributed by atoms with Crippen LogP contribution in [0.2, 0.25) is 10.0 Å². The largest absolute Gasteiger partial charge is 0.459 e. The summed E-state index contributed by atoms with van der Waals surface area (Å²) in [5.74, 6) is 0.0702. The summed E-state index contributed by atoms with van der Waals surface area (Å²) in [5, 5.41) is 1.01. The van der Waals surface area contributed by atoms with E-state index in [2.05, 4.69) is 18.8 Å². The standard InChI is InChI=1S/C21H19Cl2NO3/c1-21(2)6-5-16(11-21)26-20(25)12-3-4-17-18(9-12)27-19(24-17)13-7-14(22)10-15(23)8-13/h3-4,7-10,16H,5-6,11H2,1-2H3. The first-order valence-electron chi connectivity index (χ1n) is 8.87. The van der Waals surface area contributed by atoms with E-state index in [1.54, 1.807) is 36.4 Å². The Bertz CT molecular complexity index is 1010. The van der Waals surface area contributed by atoms with Gasteiger partial charge >= 0.3 is 5.97 Å². The lowest BCUT2D eigenvalue weighted by Crippen LogP contribution is -2.17. The van der Waals surface area contributed by atoms with Gasteiger partial charge in [-0.25, -0.2) is 9.78 Å². The van der Waals surface area contributed by atoms with Gasteiger partial charge in [0.1, 0.15) is 11.6 Å². The molecule has 27 heavy (non-hydrogen) atoms. The molecule has 2 aromatic carbocycles. The summed E-state index contributed by atoms with van der Waals surface area (Å²) in [4.78, 5) is 17.0. The number of aromatic nitrogens is 1. The second-order valence-corrected chi connectivity index (χ2v) is 8.67. The molecule has 140 valence electrons. The first-order valence-corrected chi connectivity index (χ1v) is 9.63. The number of halogens is 2. The summed E-state index contributed by atoms with van der Waals surface area (Å²) in [6, 6.07) is 10.2. The van der Waals surface area contributed by atoms with E-state index in [0.29, 0.717) is 38.2 Å². The van der Waals surface area contributed by atoms with Crippen LogP contribution in [0.3, 0.4) is 0 Å². The molecule has 0 N–H and O–H groups in total. The molecular weight excluding hydrogens is 385 g/mol. The zero-order valence-corrected chi connectivity index (χ0v) is 16.6. The van der Waals surface area contributed by atoms with Crippen LogP contribution in [0.5, 0.6) is 0 Å². The molecule has 4 nitrogen and oxygen atoms in total. The number of hydrogen-bond acceptors (Lipinski definition) is 4. The number of nitrogens with zero attached hydrogens (tertiary/aromatic N) is 1. The van der Waals surface area contributed by atoms with Crippen molar-refractivity contribution in [1.82, 2.24) is 4.98 Å². The van der Waals surface area contributed by atoms with Gasteiger partial charge in [0.15, 0.2) is 5.58 Å². The summed E-state index contributed by atoms with van der Waals surface area (Å²) in [5.41, 5.74) is 2.54. The fourth-order valence-electron chi connectivity index (χ4n) is 3.54. The van der Waals surface area contributed by atoms with Crippen LogP contribution in [0.25, 0.3) is 22.6 Å². The highest BCUT2D eigenvalue weighted by Gasteiger charge is 2.33. The highest BCUT2D eigenvalue weighted by molar-refractivity contribution is 6.35. The molecule has 0 saturated heterocycles. The molecule has 1 heterocycles. The number of esters is 1. The van der Waals surface area contributed by atoms with Gasteiger partial charge in [-0.3, -0.25) is 0 Å². The maximum absolute atomic E-state index is 12.5. The SMILES string of the molecule is CC1(C)CCC(OC(=O)c2ccc3nc(-c4cc(Cl)cc(Cl)c4)oc3c2)C1. The first kappa shape index (κ1) is 18.3. The molecule has 3 aromatic rings. The second-order valence-electron chi connectivity index (χ2n) is 7.79. The van der Waals surface area contributed by atoms with E-state index in [0.717, 1.165) is 19.3 Å². The molecule has 6 heteroatoms. The Balaban J connectivity index is 1.58. The summed E-state index contributed by atoms with van der Waals surface area (Å²) < 4.78 is 11.5. The molecule has 1 saturated carbocycles. The summed E-state index contributed by atoms with van der Waals surface area (Å²) in [7, 11) is 0. The maximum atomic E-state index is 12.5. The quantitative estimate of drug-likeness (QED) is 0.465. The molecule has 0 spiro atoms. The number of carbonyl (C=O) groups is 1. The Morgan fingerprint density at radius 2 is 1.93 bits per heavy atom. The molecule has 1 aromatic heterocycles. The van der Waals surface area contributed by atoms with Gasteiger partial charge in [0.25, 0.3) is 0 Å². The van der Waals surface area contributed by atoms with Gasteiger partial charge in [-0.1, -0.05) is 37.0 Å². The number of oxazole rings is 1. The smallest absolute Gasteiger partial charge is 0.338 e. The van der Waals surface area contributed by atoms with Gasteiger partial charge in [-0.2, -0.15) is 0 Å². The third-order valence-corrected chi connectivity index (χ3v) is 5.37. The average molecular weight is 404 g/mol. The fraction of sp³-hybridized carbons (Fsp3) is 0.333. The van der Waals surface area contributed by atoms with Crippen LogP contribution in [0.4, 0.5) is 0 Å². The topological polar surface area (TPSA) is 52.3 Å². The van der Waals surface area contributed by atoms with Gasteiger partial charge in [0, 0.05) is 15.6 Å². The first-order chi connectivity index (χ1) is 12.8. The van der Waals surface area contributed by atoms with Crippen LogP contribution in [0.1, 0.15) is 43.5 Å². The Kier molecular flexibility index (Phi) is 4.65. The molecule has 1 fully saturated rings. The molecule has 0 bridgehead atoms. The molecule has 1 aliphatic carbocycles. The van der Waals surface area contributed by atoms with Gasteiger partial charge < -0.3 is 9.15 Å². The van der Waals surface area contributed by atoms with Crippen LogP contribution in [-0.4, -0.2) is 17.1 Å². The third-order valence-electron chi connectivity index (χ3n) is 4.93. The lowest BCUT2D eigenvalue weighted by molar-refractivity contribution is 0.0297. The Labute approximate surface area is 167 Å². The van der Waals surface area contributed by atoms with Crippen molar-refractivity contribution in [3.8, 4) is 11.5 Å². The number of ether oxygens (including phenoxy) is 1. The second kappa shape index (κ2) is 6.84. The van der Waals surface area contributed by atoms with Crippen LogP contribution in [0.15, 0.2) is 40.8 Å². The molecular formula is C21H19Cl2NO3.